The molecule has 1 saturated heterocycles. The molecule has 0 amide bonds. The van der Waals surface area contributed by atoms with Crippen LogP contribution in [0, 0.1) is 5.92 Å². The number of rotatable bonds is 5. The minimum atomic E-state index is -3.43. The highest BCUT2D eigenvalue weighted by molar-refractivity contribution is 7.87. The summed E-state index contributed by atoms with van der Waals surface area (Å²) in [6, 6.07) is -0.294. The second kappa shape index (κ2) is 6.27. The van der Waals surface area contributed by atoms with Gasteiger partial charge in [-0.1, -0.05) is 0 Å². The van der Waals surface area contributed by atoms with Crippen LogP contribution in [0.5, 0.6) is 0 Å². The van der Waals surface area contributed by atoms with Crippen LogP contribution >= 0.6 is 11.3 Å². The maximum absolute atomic E-state index is 12.2. The number of thiazole rings is 1. The van der Waals surface area contributed by atoms with E-state index in [2.05, 4.69) is 9.71 Å². The second-order valence-electron chi connectivity index (χ2n) is 4.79. The molecule has 0 spiro atoms. The van der Waals surface area contributed by atoms with Gasteiger partial charge in [0.25, 0.3) is 10.2 Å². The summed E-state index contributed by atoms with van der Waals surface area (Å²) in [5.74, 6) is 0.447. The molecule has 0 bridgehead atoms. The van der Waals surface area contributed by atoms with Gasteiger partial charge in [0.05, 0.1) is 6.04 Å². The van der Waals surface area contributed by atoms with Crippen LogP contribution in [0.2, 0.25) is 0 Å². The predicted octanol–water partition coefficient (Wildman–Crippen LogP) is 0.709. The third kappa shape index (κ3) is 3.73. The molecule has 6 nitrogen and oxygen atoms in total. The fraction of sp³-hybridized carbons (Fsp3) is 0.727. The Labute approximate surface area is 118 Å². The Morgan fingerprint density at radius 2 is 2.26 bits per heavy atom. The summed E-state index contributed by atoms with van der Waals surface area (Å²) in [5, 5.41) is 2.62. The average molecular weight is 304 g/mol. The number of piperidine rings is 1. The van der Waals surface area contributed by atoms with Crippen molar-refractivity contribution >= 4 is 21.5 Å². The molecule has 1 aromatic rings. The fourth-order valence-electron chi connectivity index (χ4n) is 2.18. The summed E-state index contributed by atoms with van der Waals surface area (Å²) < 4.78 is 28.7. The van der Waals surface area contributed by atoms with Crippen molar-refractivity contribution in [1.29, 1.82) is 0 Å². The van der Waals surface area contributed by atoms with Gasteiger partial charge in [-0.25, -0.2) is 4.98 Å². The van der Waals surface area contributed by atoms with Gasteiger partial charge in [0.15, 0.2) is 0 Å². The molecule has 0 saturated carbocycles. The van der Waals surface area contributed by atoms with E-state index >= 15 is 0 Å². The molecule has 1 aliphatic rings. The Kier molecular flexibility index (Phi) is 4.91. The van der Waals surface area contributed by atoms with Crippen LogP contribution in [0.4, 0.5) is 0 Å². The van der Waals surface area contributed by atoms with Crippen LogP contribution in [0.15, 0.2) is 11.6 Å². The van der Waals surface area contributed by atoms with Crippen molar-refractivity contribution in [3.63, 3.8) is 0 Å². The summed E-state index contributed by atoms with van der Waals surface area (Å²) in [5.41, 5.74) is 5.61. The zero-order chi connectivity index (χ0) is 13.9. The van der Waals surface area contributed by atoms with Crippen LogP contribution in [-0.2, 0) is 10.2 Å². The van der Waals surface area contributed by atoms with Gasteiger partial charge < -0.3 is 5.73 Å². The Bertz CT molecular complexity index is 481. The van der Waals surface area contributed by atoms with Crippen molar-refractivity contribution in [2.45, 2.75) is 25.8 Å². The normalized spacial score (nSPS) is 20.5. The third-order valence-electron chi connectivity index (χ3n) is 3.39. The molecule has 8 heteroatoms. The Balaban J connectivity index is 1.95. The lowest BCUT2D eigenvalue weighted by atomic mass is 9.99. The van der Waals surface area contributed by atoms with E-state index in [4.69, 9.17) is 5.73 Å². The number of nitrogens with one attached hydrogen (secondary N) is 1. The number of aromatic nitrogens is 1. The third-order valence-corrected chi connectivity index (χ3v) is 6.05. The molecule has 0 aliphatic carbocycles. The van der Waals surface area contributed by atoms with E-state index in [1.165, 1.54) is 15.6 Å². The number of hydrogen-bond acceptors (Lipinski definition) is 5. The highest BCUT2D eigenvalue weighted by Gasteiger charge is 2.29. The zero-order valence-electron chi connectivity index (χ0n) is 10.9. The van der Waals surface area contributed by atoms with Gasteiger partial charge in [-0.15, -0.1) is 11.3 Å². The topological polar surface area (TPSA) is 88.3 Å². The molecule has 1 aliphatic heterocycles. The van der Waals surface area contributed by atoms with Crippen LogP contribution in [-0.4, -0.2) is 37.3 Å². The van der Waals surface area contributed by atoms with E-state index in [9.17, 15) is 8.42 Å². The van der Waals surface area contributed by atoms with E-state index < -0.39 is 10.2 Å². The number of nitrogens with two attached hydrogens (primary N) is 1. The largest absolute Gasteiger partial charge is 0.330 e. The molecule has 2 heterocycles. The minimum absolute atomic E-state index is 0.294. The molecule has 19 heavy (non-hydrogen) atoms. The Morgan fingerprint density at radius 3 is 2.79 bits per heavy atom. The SMILES string of the molecule is CC(NS(=O)(=O)N1CCC(CN)CC1)c1nccs1. The van der Waals surface area contributed by atoms with E-state index in [1.807, 2.05) is 12.3 Å². The first-order valence-corrected chi connectivity index (χ1v) is 8.71. The highest BCUT2D eigenvalue weighted by Crippen LogP contribution is 2.21. The van der Waals surface area contributed by atoms with E-state index in [0.29, 0.717) is 25.6 Å². The lowest BCUT2D eigenvalue weighted by molar-refractivity contribution is 0.274. The summed E-state index contributed by atoms with van der Waals surface area (Å²) >= 11 is 1.45. The first-order valence-electron chi connectivity index (χ1n) is 6.40. The average Bonchev–Trinajstić information content (AvgIpc) is 2.92. The van der Waals surface area contributed by atoms with E-state index in [0.717, 1.165) is 17.8 Å². The molecule has 1 unspecified atom stereocenters. The van der Waals surface area contributed by atoms with Gasteiger partial charge in [-0.2, -0.15) is 17.4 Å². The molecule has 0 radical (unpaired) electrons. The Hall–Kier alpha value is -0.540. The van der Waals surface area contributed by atoms with Gasteiger partial charge in [-0.05, 0) is 32.2 Å². The molecule has 2 rings (SSSR count). The standard InChI is InChI=1S/C11H20N4O2S2/c1-9(11-13-4-7-18-11)14-19(16,17)15-5-2-10(8-12)3-6-15/h4,7,9-10,14H,2-3,5-6,8,12H2,1H3. The number of hydrogen-bond donors (Lipinski definition) is 2. The van der Waals surface area contributed by atoms with Gasteiger partial charge in [0, 0.05) is 24.7 Å². The molecule has 1 fully saturated rings. The molecular weight excluding hydrogens is 284 g/mol. The van der Waals surface area contributed by atoms with Gasteiger partial charge in [0.1, 0.15) is 5.01 Å². The van der Waals surface area contributed by atoms with Crippen molar-refractivity contribution in [2.75, 3.05) is 19.6 Å². The smallest absolute Gasteiger partial charge is 0.280 e. The number of nitrogens with zero attached hydrogens (tertiary/aromatic N) is 2. The van der Waals surface area contributed by atoms with Gasteiger partial charge in [0.2, 0.25) is 0 Å². The van der Waals surface area contributed by atoms with Gasteiger partial charge >= 0.3 is 0 Å². The molecule has 3 N–H and O–H groups in total. The fourth-order valence-corrected chi connectivity index (χ4v) is 4.30. The molecule has 0 aromatic carbocycles. The molecular formula is C11H20N4O2S2. The Morgan fingerprint density at radius 1 is 1.58 bits per heavy atom. The summed E-state index contributed by atoms with van der Waals surface area (Å²) in [6.07, 6.45) is 3.35. The summed E-state index contributed by atoms with van der Waals surface area (Å²) in [4.78, 5) is 4.13. The second-order valence-corrected chi connectivity index (χ2v) is 7.42. The van der Waals surface area contributed by atoms with Gasteiger partial charge in [-0.3, -0.25) is 0 Å². The van der Waals surface area contributed by atoms with Crippen LogP contribution < -0.4 is 10.5 Å². The zero-order valence-corrected chi connectivity index (χ0v) is 12.6. The molecule has 108 valence electrons. The predicted molar refractivity (Wildman–Crippen MR) is 75.9 cm³/mol. The lowest BCUT2D eigenvalue weighted by Gasteiger charge is -2.31. The lowest BCUT2D eigenvalue weighted by Crippen LogP contribution is -2.46. The first kappa shape index (κ1) is 14.9. The summed E-state index contributed by atoms with van der Waals surface area (Å²) in [6.45, 7) is 3.53. The first-order chi connectivity index (χ1) is 9.03. The van der Waals surface area contributed by atoms with Crippen molar-refractivity contribution in [3.05, 3.63) is 16.6 Å². The van der Waals surface area contributed by atoms with E-state index in [-0.39, 0.29) is 6.04 Å². The monoisotopic (exact) mass is 304 g/mol. The maximum Gasteiger partial charge on any atom is 0.280 e. The molecule has 1 aromatic heterocycles. The van der Waals surface area contributed by atoms with Crippen molar-refractivity contribution in [2.24, 2.45) is 11.7 Å². The highest BCUT2D eigenvalue weighted by atomic mass is 32.2. The van der Waals surface area contributed by atoms with Crippen LogP contribution in [0.1, 0.15) is 30.8 Å². The maximum atomic E-state index is 12.2. The van der Waals surface area contributed by atoms with E-state index in [1.54, 1.807) is 6.20 Å². The van der Waals surface area contributed by atoms with Crippen LogP contribution in [0.3, 0.4) is 0 Å². The summed E-state index contributed by atoms with van der Waals surface area (Å²) in [7, 11) is -3.43. The quantitative estimate of drug-likeness (QED) is 0.838. The van der Waals surface area contributed by atoms with Crippen molar-refractivity contribution in [1.82, 2.24) is 14.0 Å². The van der Waals surface area contributed by atoms with Crippen molar-refractivity contribution in [3.8, 4) is 0 Å². The van der Waals surface area contributed by atoms with Crippen LogP contribution in [0.25, 0.3) is 0 Å². The molecule has 1 atom stereocenters. The van der Waals surface area contributed by atoms with Crippen molar-refractivity contribution < 1.29 is 8.42 Å². The minimum Gasteiger partial charge on any atom is -0.330 e.